The molecule has 0 heterocycles. The summed E-state index contributed by atoms with van der Waals surface area (Å²) in [7, 11) is -3.84. The average molecular weight is 363 g/mol. The third-order valence-electron chi connectivity index (χ3n) is 3.56. The Morgan fingerprint density at radius 3 is 1.38 bits per heavy atom. The van der Waals surface area contributed by atoms with Crippen molar-refractivity contribution in [1.82, 2.24) is 0 Å². The van der Waals surface area contributed by atoms with Crippen LogP contribution in [-0.4, -0.2) is 27.8 Å². The highest BCUT2D eigenvalue weighted by Gasteiger charge is 2.54. The first-order valence-corrected chi connectivity index (χ1v) is 15.2. The lowest BCUT2D eigenvalue weighted by atomic mass is 9.74. The predicted molar refractivity (Wildman–Crippen MR) is 111 cm³/mol. The van der Waals surface area contributed by atoms with Crippen molar-refractivity contribution >= 4 is 16.6 Å². The maximum atomic E-state index is 6.73. The maximum absolute atomic E-state index is 6.73. The zero-order valence-electron chi connectivity index (χ0n) is 16.4. The van der Waals surface area contributed by atoms with E-state index in [0.29, 0.717) is 25.7 Å². The fraction of sp³-hybridized carbons (Fsp3) is 0.600. The van der Waals surface area contributed by atoms with E-state index in [2.05, 4.69) is 64.3 Å². The maximum Gasteiger partial charge on any atom is 0.184 e. The first-order chi connectivity index (χ1) is 10.9. The molecular weight excluding hydrogens is 328 g/mol. The first kappa shape index (κ1) is 23.0. The van der Waals surface area contributed by atoms with Crippen molar-refractivity contribution in [2.75, 3.05) is 0 Å². The van der Waals surface area contributed by atoms with Gasteiger partial charge in [0.25, 0.3) is 0 Å². The van der Waals surface area contributed by atoms with E-state index in [-0.39, 0.29) is 0 Å². The number of terminal acetylenes is 2. The molecule has 0 aromatic rings. The van der Waals surface area contributed by atoms with Crippen molar-refractivity contribution in [3.05, 3.63) is 25.3 Å². The van der Waals surface area contributed by atoms with Crippen molar-refractivity contribution < 1.29 is 8.85 Å². The molecule has 0 rings (SSSR count). The van der Waals surface area contributed by atoms with E-state index in [9.17, 15) is 0 Å². The highest BCUT2D eigenvalue weighted by Crippen LogP contribution is 2.45. The summed E-state index contributed by atoms with van der Waals surface area (Å²) in [4.78, 5) is 0. The zero-order chi connectivity index (χ0) is 19.1. The highest BCUT2D eigenvalue weighted by atomic mass is 28.4. The number of hydrogen-bond donors (Lipinski definition) is 0. The molecule has 0 aliphatic rings. The third kappa shape index (κ3) is 6.45. The monoisotopic (exact) mass is 362 g/mol. The molecule has 0 radical (unpaired) electrons. The van der Waals surface area contributed by atoms with Crippen LogP contribution in [0.5, 0.6) is 0 Å². The van der Waals surface area contributed by atoms with Gasteiger partial charge in [-0.15, -0.1) is 37.8 Å². The van der Waals surface area contributed by atoms with Crippen LogP contribution in [0.4, 0.5) is 0 Å². The van der Waals surface area contributed by atoms with Crippen molar-refractivity contribution in [2.45, 2.75) is 76.2 Å². The Balaban J connectivity index is 6.49. The smallest absolute Gasteiger partial charge is 0.184 e. The van der Waals surface area contributed by atoms with E-state index in [1.165, 1.54) is 0 Å². The molecule has 0 saturated heterocycles. The Labute approximate surface area is 152 Å². The second-order valence-electron chi connectivity index (χ2n) is 8.16. The molecule has 0 aromatic carbocycles. The molecule has 134 valence electrons. The van der Waals surface area contributed by atoms with Crippen LogP contribution in [0.2, 0.25) is 39.3 Å². The molecule has 0 aromatic heterocycles. The number of rotatable bonds is 11. The molecule has 0 atom stereocenters. The van der Waals surface area contributed by atoms with Crippen LogP contribution in [-0.2, 0) is 8.85 Å². The van der Waals surface area contributed by atoms with Gasteiger partial charge in [-0.25, -0.2) is 0 Å². The third-order valence-corrected chi connectivity index (χ3v) is 5.56. The van der Waals surface area contributed by atoms with Gasteiger partial charge in [0.05, 0.1) is 5.60 Å². The van der Waals surface area contributed by atoms with E-state index in [1.807, 2.05) is 12.2 Å². The largest absolute Gasteiger partial charge is 0.409 e. The minimum Gasteiger partial charge on any atom is -0.409 e. The van der Waals surface area contributed by atoms with Crippen molar-refractivity contribution in [1.29, 1.82) is 0 Å². The predicted octanol–water partition coefficient (Wildman–Crippen LogP) is 5.37. The summed E-state index contributed by atoms with van der Waals surface area (Å²) < 4.78 is 13.4. The summed E-state index contributed by atoms with van der Waals surface area (Å²) >= 11 is 0. The molecule has 2 nitrogen and oxygen atoms in total. The van der Waals surface area contributed by atoms with Crippen molar-refractivity contribution in [3.8, 4) is 24.7 Å². The summed E-state index contributed by atoms with van der Waals surface area (Å²) in [6, 6.07) is 0. The fourth-order valence-electron chi connectivity index (χ4n) is 3.15. The van der Waals surface area contributed by atoms with Gasteiger partial charge in [0.1, 0.15) is 5.60 Å². The molecule has 0 fully saturated rings. The SMILES string of the molecule is C#CCC(CC#C)(O[Si](C)(C)C)C(CC=C)(CC=C)O[Si](C)(C)C. The van der Waals surface area contributed by atoms with Crippen LogP contribution in [0.3, 0.4) is 0 Å². The summed E-state index contributed by atoms with van der Waals surface area (Å²) in [5.41, 5.74) is -1.37. The quantitative estimate of drug-likeness (QED) is 0.280. The number of hydrogen-bond acceptors (Lipinski definition) is 2. The topological polar surface area (TPSA) is 18.5 Å². The Morgan fingerprint density at radius 2 is 1.12 bits per heavy atom. The van der Waals surface area contributed by atoms with Crippen molar-refractivity contribution in [3.63, 3.8) is 0 Å². The van der Waals surface area contributed by atoms with Crippen LogP contribution >= 0.6 is 0 Å². The standard InChI is InChI=1S/C20H34O2Si2/c1-11-15-19(16-12-2,21-23(5,6)7)20(17-13-3,18-14-4)22-24(8,9)10/h1-2,13-14H,3-4,15-18H2,5-10H3. The second kappa shape index (κ2) is 8.88. The highest BCUT2D eigenvalue weighted by molar-refractivity contribution is 6.70. The normalized spacial score (nSPS) is 13.0. The lowest BCUT2D eigenvalue weighted by molar-refractivity contribution is -0.120. The Hall–Kier alpha value is -1.05. The lowest BCUT2D eigenvalue weighted by Crippen LogP contribution is -2.63. The first-order valence-electron chi connectivity index (χ1n) is 8.40. The van der Waals surface area contributed by atoms with Crippen LogP contribution in [0.1, 0.15) is 25.7 Å². The molecule has 0 amide bonds. The second-order valence-corrected chi connectivity index (χ2v) is 17.0. The van der Waals surface area contributed by atoms with Crippen molar-refractivity contribution in [2.24, 2.45) is 0 Å². The molecule has 0 spiro atoms. The van der Waals surface area contributed by atoms with Gasteiger partial charge in [0.2, 0.25) is 0 Å². The molecule has 0 saturated carbocycles. The molecule has 0 aliphatic heterocycles. The molecule has 0 N–H and O–H groups in total. The molecule has 0 bridgehead atoms. The van der Waals surface area contributed by atoms with Gasteiger partial charge in [-0.1, -0.05) is 12.2 Å². The van der Waals surface area contributed by atoms with Gasteiger partial charge in [0, 0.05) is 12.8 Å². The lowest BCUT2D eigenvalue weighted by Gasteiger charge is -2.53. The molecule has 0 unspecified atom stereocenters. The van der Waals surface area contributed by atoms with Gasteiger partial charge in [0.15, 0.2) is 16.6 Å². The zero-order valence-corrected chi connectivity index (χ0v) is 18.4. The minimum absolute atomic E-state index is 0.410. The summed E-state index contributed by atoms with van der Waals surface area (Å²) in [6.07, 6.45) is 17.3. The molecular formula is C20H34O2Si2. The van der Waals surface area contributed by atoms with E-state index in [4.69, 9.17) is 21.7 Å². The van der Waals surface area contributed by atoms with Crippen LogP contribution in [0, 0.1) is 24.7 Å². The average Bonchev–Trinajstić information content (AvgIpc) is 2.35. The van der Waals surface area contributed by atoms with E-state index >= 15 is 0 Å². The van der Waals surface area contributed by atoms with Gasteiger partial charge < -0.3 is 8.85 Å². The van der Waals surface area contributed by atoms with Gasteiger partial charge >= 0.3 is 0 Å². The fourth-order valence-corrected chi connectivity index (χ4v) is 6.18. The Kier molecular flexibility index (Phi) is 8.49. The van der Waals surface area contributed by atoms with Gasteiger partial charge in [-0.2, -0.15) is 0 Å². The summed E-state index contributed by atoms with van der Waals surface area (Å²) in [6.45, 7) is 20.8. The van der Waals surface area contributed by atoms with E-state index in [0.717, 1.165) is 0 Å². The molecule has 0 aliphatic carbocycles. The minimum atomic E-state index is -1.93. The summed E-state index contributed by atoms with van der Waals surface area (Å²) in [5, 5.41) is 0. The van der Waals surface area contributed by atoms with E-state index < -0.39 is 27.8 Å². The van der Waals surface area contributed by atoms with Gasteiger partial charge in [-0.05, 0) is 52.1 Å². The van der Waals surface area contributed by atoms with Gasteiger partial charge in [-0.3, -0.25) is 0 Å². The van der Waals surface area contributed by atoms with Crippen LogP contribution < -0.4 is 0 Å². The Morgan fingerprint density at radius 1 is 0.792 bits per heavy atom. The van der Waals surface area contributed by atoms with Crippen LogP contribution in [0.25, 0.3) is 0 Å². The van der Waals surface area contributed by atoms with Crippen LogP contribution in [0.15, 0.2) is 25.3 Å². The Bertz CT molecular complexity index is 484. The molecule has 4 heteroatoms. The van der Waals surface area contributed by atoms with E-state index in [1.54, 1.807) is 0 Å². The molecule has 24 heavy (non-hydrogen) atoms. The summed E-state index contributed by atoms with van der Waals surface area (Å²) in [5.74, 6) is 5.58.